The number of carbonyl (C=O) groups excluding carboxylic acids is 2. The van der Waals surface area contributed by atoms with E-state index in [2.05, 4.69) is 10.6 Å². The molecule has 1 atom stereocenters. The van der Waals surface area contributed by atoms with E-state index in [4.69, 9.17) is 25.8 Å². The minimum Gasteiger partial charge on any atom is -0.494 e. The van der Waals surface area contributed by atoms with Crippen molar-refractivity contribution in [3.8, 4) is 11.5 Å². The molecule has 0 radical (unpaired) electrons. The number of carbonyl (C=O) groups is 2. The van der Waals surface area contributed by atoms with Crippen LogP contribution in [0.2, 0.25) is 5.02 Å². The van der Waals surface area contributed by atoms with Gasteiger partial charge in [-0.15, -0.1) is 0 Å². The van der Waals surface area contributed by atoms with Gasteiger partial charge in [0, 0.05) is 11.1 Å². The van der Waals surface area contributed by atoms with Crippen molar-refractivity contribution in [2.24, 2.45) is 0 Å². The molecule has 0 spiro atoms. The van der Waals surface area contributed by atoms with E-state index in [0.29, 0.717) is 16.8 Å². The number of nitrogens with one attached hydrogen (secondary N) is 2. The van der Waals surface area contributed by atoms with Gasteiger partial charge >= 0.3 is 12.0 Å². The highest BCUT2D eigenvalue weighted by atomic mass is 35.5. The lowest BCUT2D eigenvalue weighted by atomic mass is 9.95. The van der Waals surface area contributed by atoms with Crippen LogP contribution in [0.1, 0.15) is 17.2 Å². The van der Waals surface area contributed by atoms with Crippen LogP contribution in [-0.2, 0) is 16.1 Å². The molecule has 37 heavy (non-hydrogen) atoms. The molecule has 192 valence electrons. The third-order valence-corrected chi connectivity index (χ3v) is 5.59. The second kappa shape index (κ2) is 11.3. The number of benzene rings is 3. The average Bonchev–Trinajstić information content (AvgIpc) is 2.85. The summed E-state index contributed by atoms with van der Waals surface area (Å²) >= 11 is 5.99. The molecule has 0 aromatic heterocycles. The second-order valence-electron chi connectivity index (χ2n) is 7.92. The van der Waals surface area contributed by atoms with Crippen LogP contribution in [0.15, 0.2) is 71.9 Å². The first kappa shape index (κ1) is 25.9. The molecule has 2 N–H and O–H groups in total. The van der Waals surface area contributed by atoms with Gasteiger partial charge in [0.25, 0.3) is 0 Å². The second-order valence-corrected chi connectivity index (χ2v) is 8.35. The molecule has 1 aliphatic rings. The Hall–Kier alpha value is -4.18. The van der Waals surface area contributed by atoms with Crippen molar-refractivity contribution in [2.45, 2.75) is 12.6 Å². The minimum absolute atomic E-state index is 0.0326. The Balaban J connectivity index is 1.68. The Morgan fingerprint density at radius 1 is 1.00 bits per heavy atom. The van der Waals surface area contributed by atoms with Crippen LogP contribution in [-0.4, -0.2) is 25.7 Å². The van der Waals surface area contributed by atoms with Gasteiger partial charge in [0.15, 0.2) is 11.6 Å². The SMILES string of the molecule is COc1ccc(C2NC(=O)NC(COc3cccc(Cl)c3)=C2C(=O)OCc2cc(F)cc(F)c2)cc1F. The number of hydrogen-bond acceptors (Lipinski definition) is 5. The predicted octanol–water partition coefficient (Wildman–Crippen LogP) is 5.20. The monoisotopic (exact) mass is 532 g/mol. The molecule has 1 unspecified atom stereocenters. The van der Waals surface area contributed by atoms with Gasteiger partial charge in [-0.05, 0) is 53.6 Å². The first-order chi connectivity index (χ1) is 17.7. The summed E-state index contributed by atoms with van der Waals surface area (Å²) in [6.45, 7) is -0.737. The molecule has 0 fully saturated rings. The zero-order valence-corrected chi connectivity index (χ0v) is 20.1. The Bertz CT molecular complexity index is 1360. The molecule has 7 nitrogen and oxygen atoms in total. The largest absolute Gasteiger partial charge is 0.494 e. The summed E-state index contributed by atoms with van der Waals surface area (Å²) in [5.41, 5.74) is 0.239. The van der Waals surface area contributed by atoms with Crippen molar-refractivity contribution in [3.63, 3.8) is 0 Å². The molecular weight excluding hydrogens is 513 g/mol. The zero-order valence-electron chi connectivity index (χ0n) is 19.3. The quantitative estimate of drug-likeness (QED) is 0.390. The standard InChI is InChI=1S/C26H20ClF3N2O5/c1-35-22-6-5-15(9-20(22)30)24-23(25(33)37-12-14-7-17(28)11-18(29)8-14)21(31-26(34)32-24)13-36-19-4-2-3-16(27)10-19/h2-11,24H,12-13H2,1H3,(H2,31,32,34). The van der Waals surface area contributed by atoms with E-state index in [9.17, 15) is 22.8 Å². The summed E-state index contributed by atoms with van der Waals surface area (Å²) in [5.74, 6) is -2.98. The highest BCUT2D eigenvalue weighted by Crippen LogP contribution is 2.31. The zero-order chi connectivity index (χ0) is 26.5. The van der Waals surface area contributed by atoms with Gasteiger partial charge in [-0.3, -0.25) is 0 Å². The average molecular weight is 533 g/mol. The molecular formula is C26H20ClF3N2O5. The number of methoxy groups -OCH3 is 1. The van der Waals surface area contributed by atoms with Crippen LogP contribution in [0.3, 0.4) is 0 Å². The lowest BCUT2D eigenvalue weighted by Gasteiger charge is -2.29. The van der Waals surface area contributed by atoms with Crippen molar-refractivity contribution in [1.29, 1.82) is 0 Å². The van der Waals surface area contributed by atoms with Crippen LogP contribution in [0.4, 0.5) is 18.0 Å². The highest BCUT2D eigenvalue weighted by Gasteiger charge is 2.34. The molecule has 4 rings (SSSR count). The van der Waals surface area contributed by atoms with E-state index >= 15 is 0 Å². The van der Waals surface area contributed by atoms with Crippen LogP contribution < -0.4 is 20.1 Å². The van der Waals surface area contributed by atoms with Crippen LogP contribution in [0.25, 0.3) is 0 Å². The summed E-state index contributed by atoms with van der Waals surface area (Å²) in [5, 5.41) is 5.50. The maximum absolute atomic E-state index is 14.5. The molecule has 3 aromatic carbocycles. The van der Waals surface area contributed by atoms with E-state index in [-0.39, 0.29) is 34.8 Å². The fourth-order valence-electron chi connectivity index (χ4n) is 3.72. The maximum Gasteiger partial charge on any atom is 0.338 e. The first-order valence-electron chi connectivity index (χ1n) is 10.9. The lowest BCUT2D eigenvalue weighted by Crippen LogP contribution is -2.47. The van der Waals surface area contributed by atoms with Gasteiger partial charge in [-0.1, -0.05) is 23.7 Å². The maximum atomic E-state index is 14.5. The number of urea groups is 1. The van der Waals surface area contributed by atoms with E-state index in [1.165, 1.54) is 25.3 Å². The number of halogens is 4. The van der Waals surface area contributed by atoms with Crippen LogP contribution in [0, 0.1) is 17.5 Å². The topological polar surface area (TPSA) is 85.9 Å². The minimum atomic E-state index is -1.14. The van der Waals surface area contributed by atoms with Crippen LogP contribution >= 0.6 is 11.6 Å². The molecule has 0 saturated heterocycles. The van der Waals surface area contributed by atoms with Crippen molar-refractivity contribution in [1.82, 2.24) is 10.6 Å². The van der Waals surface area contributed by atoms with Crippen molar-refractivity contribution < 1.29 is 37.0 Å². The summed E-state index contributed by atoms with van der Waals surface area (Å²) < 4.78 is 57.6. The fourth-order valence-corrected chi connectivity index (χ4v) is 3.90. The van der Waals surface area contributed by atoms with Gasteiger partial charge in [-0.2, -0.15) is 0 Å². The molecule has 11 heteroatoms. The fraction of sp³-hybridized carbons (Fsp3) is 0.154. The Kier molecular flexibility index (Phi) is 7.88. The molecule has 0 aliphatic carbocycles. The van der Waals surface area contributed by atoms with Gasteiger partial charge < -0.3 is 24.8 Å². The predicted molar refractivity (Wildman–Crippen MR) is 127 cm³/mol. The van der Waals surface area contributed by atoms with E-state index in [0.717, 1.165) is 18.2 Å². The van der Waals surface area contributed by atoms with E-state index < -0.39 is 42.1 Å². The van der Waals surface area contributed by atoms with Crippen LogP contribution in [0.5, 0.6) is 11.5 Å². The van der Waals surface area contributed by atoms with Crippen molar-refractivity contribution >= 4 is 23.6 Å². The van der Waals surface area contributed by atoms with Crippen molar-refractivity contribution in [3.05, 3.63) is 106 Å². The number of ether oxygens (including phenoxy) is 3. The van der Waals surface area contributed by atoms with Gasteiger partial charge in [0.2, 0.25) is 0 Å². The molecule has 1 aliphatic heterocycles. The van der Waals surface area contributed by atoms with Gasteiger partial charge in [0.05, 0.1) is 24.4 Å². The molecule has 0 saturated carbocycles. The third-order valence-electron chi connectivity index (χ3n) is 5.35. The molecule has 2 amide bonds. The van der Waals surface area contributed by atoms with E-state index in [1.54, 1.807) is 18.2 Å². The van der Waals surface area contributed by atoms with Gasteiger partial charge in [-0.25, -0.2) is 22.8 Å². The Morgan fingerprint density at radius 3 is 2.43 bits per heavy atom. The van der Waals surface area contributed by atoms with Gasteiger partial charge in [0.1, 0.15) is 30.6 Å². The summed E-state index contributed by atoms with van der Waals surface area (Å²) in [4.78, 5) is 25.7. The first-order valence-corrected chi connectivity index (χ1v) is 11.3. The normalized spacial score (nSPS) is 15.1. The number of amides is 2. The van der Waals surface area contributed by atoms with E-state index in [1.807, 2.05) is 0 Å². The molecule has 0 bridgehead atoms. The molecule has 3 aromatic rings. The molecule has 1 heterocycles. The summed E-state index contributed by atoms with van der Waals surface area (Å²) in [7, 11) is 1.30. The highest BCUT2D eigenvalue weighted by molar-refractivity contribution is 6.30. The lowest BCUT2D eigenvalue weighted by molar-refractivity contribution is -0.140. The Morgan fingerprint density at radius 2 is 1.76 bits per heavy atom. The number of esters is 1. The summed E-state index contributed by atoms with van der Waals surface area (Å²) in [6.07, 6.45) is 0. The number of rotatable bonds is 8. The third kappa shape index (κ3) is 6.34. The number of hydrogen-bond donors (Lipinski definition) is 2. The summed E-state index contributed by atoms with van der Waals surface area (Å²) in [6, 6.07) is 11.3. The van der Waals surface area contributed by atoms with Crippen molar-refractivity contribution in [2.75, 3.05) is 13.7 Å². The Labute approximate surface area is 214 Å². The smallest absolute Gasteiger partial charge is 0.338 e.